The van der Waals surface area contributed by atoms with E-state index in [-0.39, 0.29) is 16.4 Å². The van der Waals surface area contributed by atoms with Crippen LogP contribution in [0.25, 0.3) is 0 Å². The summed E-state index contributed by atoms with van der Waals surface area (Å²) in [5, 5.41) is 17.4. The SMILES string of the molecule is CCN1CCN(c2ccc(S(=O)(=O)[C@@H]3C[C@@H](C(=O)NC4(C#N)CC4)N(C(=O)C4(C(F)(F)F)CC4)C3)c(Cl)c2)CC1.O=CO. The van der Waals surface area contributed by atoms with Gasteiger partial charge in [0.25, 0.3) is 6.47 Å². The molecule has 2 aliphatic carbocycles. The van der Waals surface area contributed by atoms with E-state index in [2.05, 4.69) is 22.0 Å². The number of rotatable bonds is 7. The van der Waals surface area contributed by atoms with Gasteiger partial charge in [0.05, 0.1) is 21.2 Å². The maximum atomic E-state index is 13.8. The lowest BCUT2D eigenvalue weighted by atomic mass is 10.0. The van der Waals surface area contributed by atoms with Crippen LogP contribution in [0.5, 0.6) is 0 Å². The second-order valence-corrected chi connectivity index (χ2v) is 13.9. The standard InChI is InChI=1S/C26H31ClF3N5O4S.CH2O2/c1-2-33-9-11-34(12-10-33)17-3-4-21(19(27)13-17)40(38,39)18-14-20(22(36)32-24(16-31)5-6-24)35(15-18)23(37)25(7-8-25)26(28,29)30;2-1-3/h3-4,13,18,20H,2,5-12,14-15H2,1H3,(H,32,36);1H,(H,2,3)/t18-,20+;/m1./s1. The summed E-state index contributed by atoms with van der Waals surface area (Å²) in [6.45, 7) is 5.40. The van der Waals surface area contributed by atoms with Crippen molar-refractivity contribution in [3.63, 3.8) is 0 Å². The number of halogens is 4. The fourth-order valence-electron chi connectivity index (χ4n) is 5.64. The third kappa shape index (κ3) is 6.41. The van der Waals surface area contributed by atoms with Crippen LogP contribution in [0.4, 0.5) is 18.9 Å². The van der Waals surface area contributed by atoms with Crippen molar-refractivity contribution in [1.29, 1.82) is 5.26 Å². The molecule has 1 aromatic carbocycles. The second kappa shape index (κ2) is 12.1. The van der Waals surface area contributed by atoms with E-state index in [4.69, 9.17) is 21.5 Å². The van der Waals surface area contributed by atoms with E-state index in [1.165, 1.54) is 6.07 Å². The van der Waals surface area contributed by atoms with Gasteiger partial charge in [0, 0.05) is 38.4 Å². The normalized spacial score (nSPS) is 24.3. The third-order valence-electron chi connectivity index (χ3n) is 8.70. The topological polar surface area (TPSA) is 151 Å². The Kier molecular flexibility index (Phi) is 9.25. The highest BCUT2D eigenvalue weighted by Gasteiger charge is 2.70. The van der Waals surface area contributed by atoms with Gasteiger partial charge in [-0.2, -0.15) is 18.4 Å². The van der Waals surface area contributed by atoms with Crippen LogP contribution in [-0.2, 0) is 24.2 Å². The number of alkyl halides is 3. The highest BCUT2D eigenvalue weighted by molar-refractivity contribution is 7.92. The van der Waals surface area contributed by atoms with E-state index in [1.807, 2.05) is 6.07 Å². The molecule has 236 valence electrons. The van der Waals surface area contributed by atoms with Gasteiger partial charge in [-0.25, -0.2) is 8.42 Å². The molecule has 2 amide bonds. The highest BCUT2D eigenvalue weighted by atomic mass is 35.5. The Labute approximate surface area is 252 Å². The molecule has 11 nitrogen and oxygen atoms in total. The molecule has 0 aromatic heterocycles. The minimum Gasteiger partial charge on any atom is -0.483 e. The minimum absolute atomic E-state index is 0.0310. The quantitative estimate of drug-likeness (QED) is 0.425. The zero-order valence-electron chi connectivity index (χ0n) is 23.4. The molecule has 2 aliphatic heterocycles. The molecule has 0 unspecified atom stereocenters. The first kappa shape index (κ1) is 32.8. The molecule has 16 heteroatoms. The summed E-state index contributed by atoms with van der Waals surface area (Å²) in [5.74, 6) is -2.12. The van der Waals surface area contributed by atoms with E-state index in [1.54, 1.807) is 12.1 Å². The Morgan fingerprint density at radius 3 is 2.26 bits per heavy atom. The predicted octanol–water partition coefficient (Wildman–Crippen LogP) is 2.44. The molecule has 2 saturated heterocycles. The Morgan fingerprint density at radius 1 is 1.19 bits per heavy atom. The number of carbonyl (C=O) groups is 3. The number of hydrogen-bond acceptors (Lipinski definition) is 8. The maximum Gasteiger partial charge on any atom is 0.403 e. The molecule has 2 heterocycles. The summed E-state index contributed by atoms with van der Waals surface area (Å²) in [7, 11) is -4.24. The second-order valence-electron chi connectivity index (χ2n) is 11.3. The number of nitriles is 1. The van der Waals surface area contributed by atoms with Gasteiger partial charge in [-0.3, -0.25) is 14.4 Å². The summed E-state index contributed by atoms with van der Waals surface area (Å²) in [4.78, 5) is 39.7. The van der Waals surface area contributed by atoms with Gasteiger partial charge in [0.2, 0.25) is 11.8 Å². The number of carbonyl (C=O) groups excluding carboxylic acids is 2. The van der Waals surface area contributed by atoms with Crippen molar-refractivity contribution < 1.29 is 41.1 Å². The molecule has 4 fully saturated rings. The number of carboxylic acid groups (broad SMARTS) is 1. The summed E-state index contributed by atoms with van der Waals surface area (Å²) in [5.41, 5.74) is -2.99. The number of piperazine rings is 1. The highest BCUT2D eigenvalue weighted by Crippen LogP contribution is 2.59. The number of nitrogens with one attached hydrogen (secondary N) is 1. The van der Waals surface area contributed by atoms with Crippen LogP contribution >= 0.6 is 11.6 Å². The fourth-order valence-corrected chi connectivity index (χ4v) is 7.88. The van der Waals surface area contributed by atoms with Crippen LogP contribution in [0.1, 0.15) is 39.0 Å². The number of likely N-dealkylation sites (N-methyl/N-ethyl adjacent to an activating group) is 1. The molecule has 2 N–H and O–H groups in total. The third-order valence-corrected chi connectivity index (χ3v) is 11.3. The van der Waals surface area contributed by atoms with Crippen molar-refractivity contribution in [2.24, 2.45) is 5.41 Å². The number of amides is 2. The monoisotopic (exact) mass is 647 g/mol. The van der Waals surface area contributed by atoms with E-state index < -0.39 is 75.9 Å². The summed E-state index contributed by atoms with van der Waals surface area (Å²) in [6.07, 6.45) is -5.31. The molecular formula is C27H33ClF3N5O6S. The molecule has 0 spiro atoms. The minimum atomic E-state index is -4.83. The summed E-state index contributed by atoms with van der Waals surface area (Å²) >= 11 is 6.46. The predicted molar refractivity (Wildman–Crippen MR) is 149 cm³/mol. The van der Waals surface area contributed by atoms with Crippen molar-refractivity contribution in [3.8, 4) is 6.07 Å². The first-order valence-electron chi connectivity index (χ1n) is 13.9. The van der Waals surface area contributed by atoms with Crippen LogP contribution in [0.2, 0.25) is 5.02 Å². The van der Waals surface area contributed by atoms with Gasteiger partial charge in [-0.05, 0) is 56.8 Å². The van der Waals surface area contributed by atoms with Gasteiger partial charge < -0.3 is 25.1 Å². The first-order chi connectivity index (χ1) is 20.2. The molecule has 4 aliphatic rings. The van der Waals surface area contributed by atoms with E-state index in [9.17, 15) is 36.4 Å². The molecule has 0 bridgehead atoms. The Morgan fingerprint density at radius 2 is 1.79 bits per heavy atom. The van der Waals surface area contributed by atoms with Crippen molar-refractivity contribution in [2.75, 3.05) is 44.2 Å². The lowest BCUT2D eigenvalue weighted by Gasteiger charge is -2.35. The average molecular weight is 648 g/mol. The zero-order valence-corrected chi connectivity index (χ0v) is 25.0. The van der Waals surface area contributed by atoms with Gasteiger partial charge >= 0.3 is 6.18 Å². The Hall–Kier alpha value is -3.09. The average Bonchev–Trinajstić information content (AvgIpc) is 3.89. The Bertz CT molecular complexity index is 1400. The van der Waals surface area contributed by atoms with Crippen molar-refractivity contribution in [3.05, 3.63) is 23.2 Å². The summed E-state index contributed by atoms with van der Waals surface area (Å²) < 4.78 is 68.9. The van der Waals surface area contributed by atoms with Crippen LogP contribution in [0.3, 0.4) is 0 Å². The van der Waals surface area contributed by atoms with Gasteiger partial charge in [-0.1, -0.05) is 18.5 Å². The number of nitrogens with zero attached hydrogens (tertiary/aromatic N) is 4. The van der Waals surface area contributed by atoms with Crippen LogP contribution in [0, 0.1) is 16.7 Å². The fraction of sp³-hybridized carbons (Fsp3) is 0.630. The lowest BCUT2D eigenvalue weighted by Crippen LogP contribution is -2.53. The largest absolute Gasteiger partial charge is 0.483 e. The van der Waals surface area contributed by atoms with Crippen molar-refractivity contribution >= 4 is 45.4 Å². The zero-order chi connectivity index (χ0) is 31.8. The number of anilines is 1. The number of hydrogen-bond donors (Lipinski definition) is 2. The van der Waals surface area contributed by atoms with E-state index >= 15 is 0 Å². The molecule has 2 atom stereocenters. The number of benzene rings is 1. The van der Waals surface area contributed by atoms with E-state index in [0.29, 0.717) is 12.8 Å². The molecule has 43 heavy (non-hydrogen) atoms. The van der Waals surface area contributed by atoms with Gasteiger partial charge in [0.1, 0.15) is 17.0 Å². The van der Waals surface area contributed by atoms with E-state index in [0.717, 1.165) is 43.3 Å². The first-order valence-corrected chi connectivity index (χ1v) is 15.8. The molecule has 0 radical (unpaired) electrons. The van der Waals surface area contributed by atoms with Gasteiger partial charge in [-0.15, -0.1) is 0 Å². The molecule has 2 saturated carbocycles. The smallest absolute Gasteiger partial charge is 0.403 e. The van der Waals surface area contributed by atoms with Crippen molar-refractivity contribution in [2.45, 2.75) is 66.9 Å². The van der Waals surface area contributed by atoms with Crippen LogP contribution < -0.4 is 10.2 Å². The summed E-state index contributed by atoms with van der Waals surface area (Å²) in [6, 6.07) is 5.11. The molecule has 1 aromatic rings. The van der Waals surface area contributed by atoms with Crippen LogP contribution in [0.15, 0.2) is 23.1 Å². The van der Waals surface area contributed by atoms with Crippen molar-refractivity contribution in [1.82, 2.24) is 15.1 Å². The maximum absolute atomic E-state index is 13.8. The Balaban J connectivity index is 0.00000135. The van der Waals surface area contributed by atoms with Crippen LogP contribution in [-0.4, -0.2) is 104 Å². The number of sulfone groups is 1. The lowest BCUT2D eigenvalue weighted by molar-refractivity contribution is -0.199. The number of likely N-dealkylation sites (tertiary alicyclic amines) is 1. The molecule has 5 rings (SSSR count). The molecular weight excluding hydrogens is 615 g/mol. The van der Waals surface area contributed by atoms with Gasteiger partial charge in [0.15, 0.2) is 9.84 Å².